The van der Waals surface area contributed by atoms with E-state index in [1.54, 1.807) is 0 Å². The van der Waals surface area contributed by atoms with Crippen LogP contribution in [0.15, 0.2) is 65.8 Å². The number of benzene rings is 3. The molecule has 0 aliphatic rings. The number of nitrogens with zero attached hydrogens (tertiary/aromatic N) is 2. The summed E-state index contributed by atoms with van der Waals surface area (Å²) < 4.78 is 2.36. The zero-order valence-electron chi connectivity index (χ0n) is 14.0. The molecule has 3 aromatic carbocycles. The Labute approximate surface area is 146 Å². The Kier molecular flexibility index (Phi) is 4.03. The van der Waals surface area contributed by atoms with Crippen LogP contribution >= 0.6 is 11.8 Å². The third-order valence-corrected chi connectivity index (χ3v) is 5.34. The molecule has 0 amide bonds. The summed E-state index contributed by atoms with van der Waals surface area (Å²) in [7, 11) is 0. The van der Waals surface area contributed by atoms with Crippen LogP contribution in [0.5, 0.6) is 0 Å². The molecule has 1 aromatic heterocycles. The maximum atomic E-state index is 4.83. The van der Waals surface area contributed by atoms with Crippen molar-refractivity contribution >= 4 is 33.6 Å². The maximum Gasteiger partial charge on any atom is 0.169 e. The van der Waals surface area contributed by atoms with Crippen molar-refractivity contribution in [2.45, 2.75) is 25.5 Å². The second-order valence-electron chi connectivity index (χ2n) is 5.98. The molecule has 0 atom stereocenters. The SMILES string of the molecule is CCSc1nc2ccccc2n1Cc1c(C)ccc2ccccc12. The molecular formula is C21H20N2S. The van der Waals surface area contributed by atoms with Gasteiger partial charge >= 0.3 is 0 Å². The Balaban J connectivity index is 1.91. The molecule has 0 saturated carbocycles. The van der Waals surface area contributed by atoms with Gasteiger partial charge in [0.1, 0.15) is 0 Å². The van der Waals surface area contributed by atoms with E-state index in [1.807, 2.05) is 11.8 Å². The number of hydrogen-bond donors (Lipinski definition) is 0. The molecule has 24 heavy (non-hydrogen) atoms. The van der Waals surface area contributed by atoms with E-state index in [1.165, 1.54) is 27.4 Å². The second kappa shape index (κ2) is 6.33. The van der Waals surface area contributed by atoms with E-state index < -0.39 is 0 Å². The van der Waals surface area contributed by atoms with E-state index in [9.17, 15) is 0 Å². The first-order valence-corrected chi connectivity index (χ1v) is 9.32. The normalized spacial score (nSPS) is 11.4. The number of para-hydroxylation sites is 2. The van der Waals surface area contributed by atoms with Gasteiger partial charge in [0.25, 0.3) is 0 Å². The summed E-state index contributed by atoms with van der Waals surface area (Å²) in [4.78, 5) is 4.83. The standard InChI is InChI=1S/C21H20N2S/c1-3-24-21-22-19-10-6-7-11-20(19)23(21)14-18-15(2)12-13-16-8-4-5-9-17(16)18/h4-13H,3,14H2,1-2H3. The molecule has 4 aromatic rings. The van der Waals surface area contributed by atoms with Gasteiger partial charge in [-0.05, 0) is 46.7 Å². The van der Waals surface area contributed by atoms with Gasteiger partial charge < -0.3 is 4.57 Å². The molecule has 0 aliphatic heterocycles. The van der Waals surface area contributed by atoms with Gasteiger partial charge in [-0.15, -0.1) is 0 Å². The number of aromatic nitrogens is 2. The van der Waals surface area contributed by atoms with Crippen molar-refractivity contribution in [3.63, 3.8) is 0 Å². The highest BCUT2D eigenvalue weighted by atomic mass is 32.2. The number of hydrogen-bond acceptors (Lipinski definition) is 2. The van der Waals surface area contributed by atoms with Crippen LogP contribution < -0.4 is 0 Å². The van der Waals surface area contributed by atoms with Crippen LogP contribution in [-0.4, -0.2) is 15.3 Å². The lowest BCUT2D eigenvalue weighted by atomic mass is 9.99. The molecule has 120 valence electrons. The van der Waals surface area contributed by atoms with Crippen molar-refractivity contribution < 1.29 is 0 Å². The first-order chi connectivity index (χ1) is 11.8. The van der Waals surface area contributed by atoms with E-state index in [0.29, 0.717) is 0 Å². The second-order valence-corrected chi connectivity index (χ2v) is 7.22. The molecule has 0 N–H and O–H groups in total. The van der Waals surface area contributed by atoms with Crippen LogP contribution in [0.4, 0.5) is 0 Å². The monoisotopic (exact) mass is 332 g/mol. The highest BCUT2D eigenvalue weighted by Gasteiger charge is 2.13. The Morgan fingerprint density at radius 1 is 0.958 bits per heavy atom. The molecule has 0 spiro atoms. The maximum absolute atomic E-state index is 4.83. The van der Waals surface area contributed by atoms with Crippen molar-refractivity contribution in [2.75, 3.05) is 5.75 Å². The Hall–Kier alpha value is -2.26. The average molecular weight is 332 g/mol. The van der Waals surface area contributed by atoms with Gasteiger partial charge in [0.15, 0.2) is 5.16 Å². The number of rotatable bonds is 4. The first kappa shape index (κ1) is 15.3. The largest absolute Gasteiger partial charge is 0.314 e. The minimum Gasteiger partial charge on any atom is -0.314 e. The highest BCUT2D eigenvalue weighted by Crippen LogP contribution is 2.28. The molecule has 1 heterocycles. The molecule has 4 rings (SSSR count). The number of aryl methyl sites for hydroxylation is 1. The fraction of sp³-hybridized carbons (Fsp3) is 0.190. The lowest BCUT2D eigenvalue weighted by Gasteiger charge is -2.14. The molecule has 0 fully saturated rings. The zero-order valence-corrected chi connectivity index (χ0v) is 14.8. The van der Waals surface area contributed by atoms with E-state index in [4.69, 9.17) is 4.98 Å². The summed E-state index contributed by atoms with van der Waals surface area (Å²) in [6, 6.07) is 21.5. The van der Waals surface area contributed by atoms with E-state index >= 15 is 0 Å². The van der Waals surface area contributed by atoms with Gasteiger partial charge in [-0.1, -0.05) is 67.2 Å². The Morgan fingerprint density at radius 3 is 2.62 bits per heavy atom. The van der Waals surface area contributed by atoms with Crippen molar-refractivity contribution in [1.29, 1.82) is 0 Å². The molecule has 0 saturated heterocycles. The van der Waals surface area contributed by atoms with E-state index in [2.05, 4.69) is 79.1 Å². The third-order valence-electron chi connectivity index (χ3n) is 4.48. The summed E-state index contributed by atoms with van der Waals surface area (Å²) in [6.45, 7) is 5.24. The molecule has 0 bridgehead atoms. The van der Waals surface area contributed by atoms with Gasteiger partial charge in [-0.25, -0.2) is 4.98 Å². The van der Waals surface area contributed by atoms with Gasteiger partial charge in [-0.3, -0.25) is 0 Å². The molecule has 2 nitrogen and oxygen atoms in total. The predicted octanol–water partition coefficient (Wildman–Crippen LogP) is 5.66. The lowest BCUT2D eigenvalue weighted by molar-refractivity contribution is 0.732. The van der Waals surface area contributed by atoms with Gasteiger partial charge in [0.05, 0.1) is 17.6 Å². The van der Waals surface area contributed by atoms with Crippen LogP contribution in [0.25, 0.3) is 21.8 Å². The summed E-state index contributed by atoms with van der Waals surface area (Å²) in [6.07, 6.45) is 0. The predicted molar refractivity (Wildman–Crippen MR) is 104 cm³/mol. The van der Waals surface area contributed by atoms with Crippen molar-refractivity contribution in [3.8, 4) is 0 Å². The van der Waals surface area contributed by atoms with Crippen LogP contribution in [0, 0.1) is 6.92 Å². The zero-order chi connectivity index (χ0) is 16.5. The smallest absolute Gasteiger partial charge is 0.169 e. The van der Waals surface area contributed by atoms with Crippen molar-refractivity contribution in [3.05, 3.63) is 71.8 Å². The van der Waals surface area contributed by atoms with Gasteiger partial charge in [0, 0.05) is 0 Å². The Bertz CT molecular complexity index is 1020. The highest BCUT2D eigenvalue weighted by molar-refractivity contribution is 7.99. The van der Waals surface area contributed by atoms with E-state index in [0.717, 1.165) is 23.0 Å². The molecule has 0 unspecified atom stereocenters. The lowest BCUT2D eigenvalue weighted by Crippen LogP contribution is -2.04. The van der Waals surface area contributed by atoms with E-state index in [-0.39, 0.29) is 0 Å². The van der Waals surface area contributed by atoms with Crippen LogP contribution in [0.3, 0.4) is 0 Å². The van der Waals surface area contributed by atoms with Crippen LogP contribution in [-0.2, 0) is 6.54 Å². The van der Waals surface area contributed by atoms with Crippen molar-refractivity contribution in [1.82, 2.24) is 9.55 Å². The number of fused-ring (bicyclic) bond motifs is 2. The first-order valence-electron chi connectivity index (χ1n) is 8.33. The fourth-order valence-corrected chi connectivity index (χ4v) is 4.00. The van der Waals surface area contributed by atoms with Crippen molar-refractivity contribution in [2.24, 2.45) is 0 Å². The molecule has 0 aliphatic carbocycles. The molecule has 3 heteroatoms. The Morgan fingerprint density at radius 2 is 1.75 bits per heavy atom. The number of imidazole rings is 1. The minimum absolute atomic E-state index is 0.857. The summed E-state index contributed by atoms with van der Waals surface area (Å²) in [5.41, 5.74) is 5.00. The van der Waals surface area contributed by atoms with Crippen LogP contribution in [0.2, 0.25) is 0 Å². The van der Waals surface area contributed by atoms with Crippen LogP contribution in [0.1, 0.15) is 18.1 Å². The topological polar surface area (TPSA) is 17.8 Å². The molecule has 0 radical (unpaired) electrons. The third kappa shape index (κ3) is 2.59. The van der Waals surface area contributed by atoms with Gasteiger partial charge in [-0.2, -0.15) is 0 Å². The minimum atomic E-state index is 0.857. The number of thioether (sulfide) groups is 1. The van der Waals surface area contributed by atoms with Gasteiger partial charge in [0.2, 0.25) is 0 Å². The molecular weight excluding hydrogens is 312 g/mol. The quantitative estimate of drug-likeness (QED) is 0.449. The summed E-state index contributed by atoms with van der Waals surface area (Å²) in [5, 5.41) is 3.74. The summed E-state index contributed by atoms with van der Waals surface area (Å²) in [5.74, 6) is 1.03. The average Bonchev–Trinajstić information content (AvgIpc) is 2.95. The summed E-state index contributed by atoms with van der Waals surface area (Å²) >= 11 is 1.81. The fourth-order valence-electron chi connectivity index (χ4n) is 3.26.